The lowest BCUT2D eigenvalue weighted by atomic mass is 10.0. The van der Waals surface area contributed by atoms with Gasteiger partial charge in [-0.3, -0.25) is 4.79 Å². The monoisotopic (exact) mass is 306 g/mol. The number of nitriles is 1. The second-order valence-corrected chi connectivity index (χ2v) is 6.49. The molecule has 1 saturated carbocycles. The quantitative estimate of drug-likeness (QED) is 0.848. The van der Waals surface area contributed by atoms with Crippen molar-refractivity contribution in [2.75, 3.05) is 0 Å². The first-order valence-electron chi connectivity index (χ1n) is 8.31. The average molecular weight is 306 g/mol. The van der Waals surface area contributed by atoms with Crippen LogP contribution < -0.4 is 5.56 Å². The van der Waals surface area contributed by atoms with Crippen LogP contribution in [-0.4, -0.2) is 4.57 Å². The Morgan fingerprint density at radius 2 is 1.87 bits per heavy atom. The zero-order chi connectivity index (χ0) is 16.4. The molecule has 0 aliphatic heterocycles. The second-order valence-electron chi connectivity index (χ2n) is 6.49. The minimum Gasteiger partial charge on any atom is -0.305 e. The van der Waals surface area contributed by atoms with E-state index in [4.69, 9.17) is 5.26 Å². The largest absolute Gasteiger partial charge is 0.305 e. The molecule has 1 heterocycles. The molecule has 0 N–H and O–H groups in total. The third-order valence-corrected chi connectivity index (χ3v) is 4.96. The maximum Gasteiger partial charge on any atom is 0.255 e. The van der Waals surface area contributed by atoms with Gasteiger partial charge in [-0.05, 0) is 55.5 Å². The van der Waals surface area contributed by atoms with E-state index in [2.05, 4.69) is 38.1 Å². The van der Waals surface area contributed by atoms with E-state index in [9.17, 15) is 4.79 Å². The van der Waals surface area contributed by atoms with Crippen molar-refractivity contribution < 1.29 is 0 Å². The van der Waals surface area contributed by atoms with E-state index < -0.39 is 0 Å². The van der Waals surface area contributed by atoms with Gasteiger partial charge in [-0.1, -0.05) is 31.0 Å². The normalized spacial score (nSPS) is 14.8. The maximum absolute atomic E-state index is 12.9. The lowest BCUT2D eigenvalue weighted by molar-refractivity contribution is 0.505. The molecule has 0 bridgehead atoms. The van der Waals surface area contributed by atoms with Crippen molar-refractivity contribution in [3.05, 3.63) is 57.4 Å². The third kappa shape index (κ3) is 2.94. The number of pyridine rings is 1. The summed E-state index contributed by atoms with van der Waals surface area (Å²) in [4.78, 5) is 12.9. The fourth-order valence-electron chi connectivity index (χ4n) is 3.48. The number of nitrogens with zero attached hydrogens (tertiary/aromatic N) is 2. The van der Waals surface area contributed by atoms with Crippen LogP contribution in [0, 0.1) is 25.2 Å². The van der Waals surface area contributed by atoms with Crippen LogP contribution in [0.15, 0.2) is 35.1 Å². The molecule has 1 aliphatic rings. The number of rotatable bonds is 3. The zero-order valence-electron chi connectivity index (χ0n) is 13.8. The number of hydrogen-bond donors (Lipinski definition) is 0. The van der Waals surface area contributed by atoms with Gasteiger partial charge in [0, 0.05) is 11.6 Å². The Bertz CT molecular complexity index is 821. The van der Waals surface area contributed by atoms with Gasteiger partial charge >= 0.3 is 0 Å². The van der Waals surface area contributed by atoms with Crippen LogP contribution in [0.4, 0.5) is 0 Å². The summed E-state index contributed by atoms with van der Waals surface area (Å²) in [5, 5.41) is 8.96. The van der Waals surface area contributed by atoms with Crippen molar-refractivity contribution in [1.82, 2.24) is 4.57 Å². The summed E-state index contributed by atoms with van der Waals surface area (Å²) in [5.41, 5.74) is 5.16. The molecule has 2 aromatic rings. The molecule has 3 nitrogen and oxygen atoms in total. The summed E-state index contributed by atoms with van der Waals surface area (Å²) in [6, 6.07) is 12.5. The molecule has 3 rings (SSSR count). The number of benzene rings is 1. The molecular formula is C20H22N2O. The molecule has 0 radical (unpaired) electrons. The summed E-state index contributed by atoms with van der Waals surface area (Å²) in [7, 11) is 0. The van der Waals surface area contributed by atoms with Gasteiger partial charge in [0.25, 0.3) is 5.56 Å². The summed E-state index contributed by atoms with van der Waals surface area (Å²) in [5.74, 6) is 0. The second kappa shape index (κ2) is 6.42. The molecule has 1 aromatic heterocycles. The molecule has 0 unspecified atom stereocenters. The fourth-order valence-corrected chi connectivity index (χ4v) is 3.48. The van der Waals surface area contributed by atoms with E-state index in [0.717, 1.165) is 24.1 Å². The van der Waals surface area contributed by atoms with Crippen molar-refractivity contribution in [1.29, 1.82) is 5.26 Å². The average Bonchev–Trinajstić information content (AvgIpc) is 3.06. The van der Waals surface area contributed by atoms with Crippen LogP contribution in [0.1, 0.15) is 48.4 Å². The van der Waals surface area contributed by atoms with Gasteiger partial charge in [-0.2, -0.15) is 5.26 Å². The molecule has 0 atom stereocenters. The van der Waals surface area contributed by atoms with Crippen LogP contribution in [0.25, 0.3) is 11.3 Å². The lowest BCUT2D eigenvalue weighted by Crippen LogP contribution is -2.27. The molecular weight excluding hydrogens is 284 g/mol. The summed E-state index contributed by atoms with van der Waals surface area (Å²) in [6.07, 6.45) is 4.62. The van der Waals surface area contributed by atoms with Gasteiger partial charge in [-0.15, -0.1) is 0 Å². The Balaban J connectivity index is 2.19. The van der Waals surface area contributed by atoms with Crippen molar-refractivity contribution in [2.45, 2.75) is 52.0 Å². The Morgan fingerprint density at radius 3 is 2.52 bits per heavy atom. The first-order valence-corrected chi connectivity index (χ1v) is 8.31. The van der Waals surface area contributed by atoms with E-state index in [-0.39, 0.29) is 18.0 Å². The lowest BCUT2D eigenvalue weighted by Gasteiger charge is -2.20. The van der Waals surface area contributed by atoms with Crippen LogP contribution in [-0.2, 0) is 6.42 Å². The van der Waals surface area contributed by atoms with Gasteiger partial charge in [0.15, 0.2) is 0 Å². The van der Waals surface area contributed by atoms with Crippen molar-refractivity contribution in [2.24, 2.45) is 0 Å². The highest BCUT2D eigenvalue weighted by molar-refractivity contribution is 5.62. The molecule has 1 aromatic carbocycles. The molecule has 1 aliphatic carbocycles. The standard InChI is InChI=1S/C20H22N2O/c1-14-7-8-17(13-15(14)2)19-10-9-16(11-12-21)20(23)22(19)18-5-3-4-6-18/h7-10,13,18H,3-6,11H2,1-2H3. The first kappa shape index (κ1) is 15.6. The molecule has 1 fully saturated rings. The van der Waals surface area contributed by atoms with Crippen molar-refractivity contribution in [3.63, 3.8) is 0 Å². The fraction of sp³-hybridized carbons (Fsp3) is 0.400. The Kier molecular flexibility index (Phi) is 4.34. The predicted octanol–water partition coefficient (Wildman–Crippen LogP) is 4.31. The van der Waals surface area contributed by atoms with E-state index in [1.165, 1.54) is 24.0 Å². The highest BCUT2D eigenvalue weighted by atomic mass is 16.1. The maximum atomic E-state index is 12.9. The topological polar surface area (TPSA) is 45.8 Å². The summed E-state index contributed by atoms with van der Waals surface area (Å²) < 4.78 is 1.95. The molecule has 118 valence electrons. The minimum absolute atomic E-state index is 0.00850. The first-order chi connectivity index (χ1) is 11.1. The summed E-state index contributed by atoms with van der Waals surface area (Å²) in [6.45, 7) is 4.19. The molecule has 0 amide bonds. The Hall–Kier alpha value is -2.34. The number of hydrogen-bond acceptors (Lipinski definition) is 2. The van der Waals surface area contributed by atoms with Crippen LogP contribution in [0.2, 0.25) is 0 Å². The third-order valence-electron chi connectivity index (χ3n) is 4.96. The molecule has 3 heteroatoms. The SMILES string of the molecule is Cc1ccc(-c2ccc(CC#N)c(=O)n2C2CCCC2)cc1C. The molecule has 23 heavy (non-hydrogen) atoms. The smallest absolute Gasteiger partial charge is 0.255 e. The van der Waals surface area contributed by atoms with Gasteiger partial charge in [0.1, 0.15) is 0 Å². The number of aryl methyl sites for hydroxylation is 2. The number of aromatic nitrogens is 1. The van der Waals surface area contributed by atoms with Crippen molar-refractivity contribution in [3.8, 4) is 17.3 Å². The highest BCUT2D eigenvalue weighted by Crippen LogP contribution is 2.32. The van der Waals surface area contributed by atoms with E-state index in [1.54, 1.807) is 0 Å². The van der Waals surface area contributed by atoms with Gasteiger partial charge in [0.05, 0.1) is 18.2 Å². The minimum atomic E-state index is 0.00850. The Morgan fingerprint density at radius 1 is 1.13 bits per heavy atom. The van der Waals surface area contributed by atoms with E-state index in [0.29, 0.717) is 5.56 Å². The van der Waals surface area contributed by atoms with E-state index >= 15 is 0 Å². The van der Waals surface area contributed by atoms with Crippen LogP contribution >= 0.6 is 0 Å². The Labute approximate surface area is 137 Å². The van der Waals surface area contributed by atoms with Gasteiger partial charge in [-0.25, -0.2) is 0 Å². The predicted molar refractivity (Wildman–Crippen MR) is 92.4 cm³/mol. The van der Waals surface area contributed by atoms with Gasteiger partial charge in [0.2, 0.25) is 0 Å². The van der Waals surface area contributed by atoms with E-state index in [1.807, 2.05) is 16.7 Å². The highest BCUT2D eigenvalue weighted by Gasteiger charge is 2.22. The molecule has 0 spiro atoms. The van der Waals surface area contributed by atoms with Crippen molar-refractivity contribution >= 4 is 0 Å². The zero-order valence-corrected chi connectivity index (χ0v) is 13.8. The van der Waals surface area contributed by atoms with Crippen LogP contribution in [0.5, 0.6) is 0 Å². The van der Waals surface area contributed by atoms with Gasteiger partial charge < -0.3 is 4.57 Å². The summed E-state index contributed by atoms with van der Waals surface area (Å²) >= 11 is 0. The molecule has 0 saturated heterocycles. The van der Waals surface area contributed by atoms with Crippen LogP contribution in [0.3, 0.4) is 0 Å².